The summed E-state index contributed by atoms with van der Waals surface area (Å²) in [7, 11) is 0. The molecule has 4 saturated carbocycles. The van der Waals surface area contributed by atoms with Crippen LogP contribution in [-0.2, 0) is 23.7 Å². The summed E-state index contributed by atoms with van der Waals surface area (Å²) in [6, 6.07) is 0. The maximum Gasteiger partial charge on any atom is 0.169 e. The van der Waals surface area contributed by atoms with E-state index in [9.17, 15) is 4.79 Å². The van der Waals surface area contributed by atoms with Crippen LogP contribution in [0.2, 0.25) is 0 Å². The van der Waals surface area contributed by atoms with Crippen molar-refractivity contribution in [2.45, 2.75) is 83.7 Å². The molecule has 2 heterocycles. The highest BCUT2D eigenvalue weighted by atomic mass is 16.7. The van der Waals surface area contributed by atoms with E-state index in [1.165, 1.54) is 19.3 Å². The summed E-state index contributed by atoms with van der Waals surface area (Å²) in [5, 5.41) is 0. The Labute approximate surface area is 180 Å². The fourth-order valence-corrected chi connectivity index (χ4v) is 9.36. The normalized spacial score (nSPS) is 51.6. The Bertz CT molecular complexity index is 723. The minimum Gasteiger partial charge on any atom is -0.348 e. The van der Waals surface area contributed by atoms with Gasteiger partial charge in [0.25, 0.3) is 0 Å². The predicted octanol–water partition coefficient (Wildman–Crippen LogP) is 4.33. The summed E-state index contributed by atoms with van der Waals surface area (Å²) in [6.07, 6.45) is 8.41. The molecule has 0 radical (unpaired) electrons. The lowest BCUT2D eigenvalue weighted by atomic mass is 9.44. The van der Waals surface area contributed by atoms with Crippen LogP contribution in [0.4, 0.5) is 0 Å². The zero-order valence-corrected chi connectivity index (χ0v) is 18.9. The van der Waals surface area contributed by atoms with E-state index < -0.39 is 5.79 Å². The van der Waals surface area contributed by atoms with Crippen LogP contribution in [0, 0.1) is 40.4 Å². The van der Waals surface area contributed by atoms with Crippen molar-refractivity contribution < 1.29 is 23.7 Å². The summed E-state index contributed by atoms with van der Waals surface area (Å²) < 4.78 is 24.4. The standard InChI is InChI=1S/C25H38O5/c1-22-8-9-25(29-12-13-30-25)14-16(22)4-5-17-18-6-7-20(24(3)27-10-11-28-24)23(18,2)15-19(26)21(17)22/h16-18,20-21H,4-15H2,1-3H3/t16-,17+,18-,20+,21-,22+,23+/m1/s1. The van der Waals surface area contributed by atoms with Gasteiger partial charge in [0.2, 0.25) is 0 Å². The Balaban J connectivity index is 1.29. The molecule has 6 aliphatic rings. The maximum absolute atomic E-state index is 13.9. The molecule has 0 amide bonds. The third-order valence-corrected chi connectivity index (χ3v) is 10.7. The highest BCUT2D eigenvalue weighted by molar-refractivity contribution is 5.84. The van der Waals surface area contributed by atoms with Crippen molar-refractivity contribution in [3.8, 4) is 0 Å². The first-order valence-corrected chi connectivity index (χ1v) is 12.4. The average Bonchev–Trinajstić information content (AvgIpc) is 3.41. The minimum absolute atomic E-state index is 0.00804. The van der Waals surface area contributed by atoms with Gasteiger partial charge >= 0.3 is 0 Å². The second-order valence-electron chi connectivity index (χ2n) is 11.8. The summed E-state index contributed by atoms with van der Waals surface area (Å²) in [6.45, 7) is 9.73. The van der Waals surface area contributed by atoms with E-state index in [-0.39, 0.29) is 22.5 Å². The first kappa shape index (κ1) is 20.1. The molecule has 0 bridgehead atoms. The van der Waals surface area contributed by atoms with Gasteiger partial charge in [-0.15, -0.1) is 0 Å². The molecule has 168 valence electrons. The van der Waals surface area contributed by atoms with Gasteiger partial charge in [0.1, 0.15) is 5.78 Å². The first-order chi connectivity index (χ1) is 14.3. The van der Waals surface area contributed by atoms with E-state index in [2.05, 4.69) is 20.8 Å². The Morgan fingerprint density at radius 2 is 1.50 bits per heavy atom. The number of hydrogen-bond acceptors (Lipinski definition) is 5. The zero-order chi connectivity index (χ0) is 20.8. The molecule has 0 aromatic rings. The molecular weight excluding hydrogens is 380 g/mol. The van der Waals surface area contributed by atoms with Crippen LogP contribution >= 0.6 is 0 Å². The molecule has 2 aliphatic heterocycles. The molecule has 7 atom stereocenters. The van der Waals surface area contributed by atoms with E-state index in [0.29, 0.717) is 49.1 Å². The number of hydrogen-bond donors (Lipinski definition) is 0. The highest BCUT2D eigenvalue weighted by Crippen LogP contribution is 2.68. The van der Waals surface area contributed by atoms with E-state index in [1.807, 2.05) is 0 Å². The summed E-state index contributed by atoms with van der Waals surface area (Å²) >= 11 is 0. The lowest BCUT2D eigenvalue weighted by Gasteiger charge is -2.61. The number of ether oxygens (including phenoxy) is 4. The van der Waals surface area contributed by atoms with Gasteiger partial charge in [-0.05, 0) is 67.6 Å². The molecule has 0 aromatic carbocycles. The van der Waals surface area contributed by atoms with E-state index in [4.69, 9.17) is 18.9 Å². The van der Waals surface area contributed by atoms with Gasteiger partial charge in [-0.2, -0.15) is 0 Å². The van der Waals surface area contributed by atoms with Gasteiger partial charge in [-0.25, -0.2) is 0 Å². The highest BCUT2D eigenvalue weighted by Gasteiger charge is 2.67. The van der Waals surface area contributed by atoms with Crippen LogP contribution < -0.4 is 0 Å². The number of Topliss-reactive ketones (excluding diaryl/α,β-unsaturated/α-hetero) is 1. The molecule has 0 unspecified atom stereocenters. The number of carbonyl (C=O) groups excluding carboxylic acids is 1. The Morgan fingerprint density at radius 1 is 0.800 bits per heavy atom. The second kappa shape index (κ2) is 6.52. The third-order valence-electron chi connectivity index (χ3n) is 10.7. The monoisotopic (exact) mass is 418 g/mol. The summed E-state index contributed by atoms with van der Waals surface area (Å²) in [5.74, 6) is 1.86. The molecular formula is C25H38O5. The van der Waals surface area contributed by atoms with Crippen LogP contribution in [0.15, 0.2) is 0 Å². The van der Waals surface area contributed by atoms with Crippen molar-refractivity contribution in [2.24, 2.45) is 40.4 Å². The molecule has 0 N–H and O–H groups in total. The lowest BCUT2D eigenvalue weighted by molar-refractivity contribution is -0.234. The quantitative estimate of drug-likeness (QED) is 0.634. The van der Waals surface area contributed by atoms with E-state index in [0.717, 1.165) is 38.9 Å². The van der Waals surface area contributed by atoms with Crippen molar-refractivity contribution in [1.82, 2.24) is 0 Å². The van der Waals surface area contributed by atoms with Crippen LogP contribution in [0.1, 0.15) is 72.1 Å². The molecule has 30 heavy (non-hydrogen) atoms. The molecule has 6 rings (SSSR count). The van der Waals surface area contributed by atoms with Crippen LogP contribution in [0.3, 0.4) is 0 Å². The summed E-state index contributed by atoms with van der Waals surface area (Å²) in [4.78, 5) is 13.9. The van der Waals surface area contributed by atoms with Crippen molar-refractivity contribution in [3.63, 3.8) is 0 Å². The van der Waals surface area contributed by atoms with Gasteiger partial charge in [-0.1, -0.05) is 13.8 Å². The number of ketones is 1. The van der Waals surface area contributed by atoms with Crippen LogP contribution in [0.5, 0.6) is 0 Å². The third kappa shape index (κ3) is 2.58. The minimum atomic E-state index is -0.508. The van der Waals surface area contributed by atoms with E-state index >= 15 is 0 Å². The van der Waals surface area contributed by atoms with Crippen molar-refractivity contribution >= 4 is 5.78 Å². The number of rotatable bonds is 1. The van der Waals surface area contributed by atoms with Crippen molar-refractivity contribution in [3.05, 3.63) is 0 Å². The molecule has 5 nitrogen and oxygen atoms in total. The smallest absolute Gasteiger partial charge is 0.169 e. The number of carbonyl (C=O) groups is 1. The predicted molar refractivity (Wildman–Crippen MR) is 111 cm³/mol. The molecule has 0 aromatic heterocycles. The molecule has 6 fully saturated rings. The molecule has 2 saturated heterocycles. The van der Waals surface area contributed by atoms with Crippen LogP contribution in [0.25, 0.3) is 0 Å². The first-order valence-electron chi connectivity index (χ1n) is 12.4. The second-order valence-corrected chi connectivity index (χ2v) is 11.8. The van der Waals surface area contributed by atoms with Crippen molar-refractivity contribution in [2.75, 3.05) is 26.4 Å². The Kier molecular flexibility index (Phi) is 4.38. The number of fused-ring (bicyclic) bond motifs is 5. The average molecular weight is 419 g/mol. The lowest BCUT2D eigenvalue weighted by Crippen LogP contribution is -2.60. The molecule has 4 aliphatic carbocycles. The van der Waals surface area contributed by atoms with Gasteiger partial charge in [0, 0.05) is 31.1 Å². The van der Waals surface area contributed by atoms with Crippen molar-refractivity contribution in [1.29, 1.82) is 0 Å². The fraction of sp³-hybridized carbons (Fsp3) is 0.960. The van der Waals surface area contributed by atoms with Crippen LogP contribution in [-0.4, -0.2) is 43.8 Å². The van der Waals surface area contributed by atoms with E-state index in [1.54, 1.807) is 0 Å². The fourth-order valence-electron chi connectivity index (χ4n) is 9.36. The van der Waals surface area contributed by atoms with Gasteiger partial charge in [0.05, 0.1) is 26.4 Å². The Morgan fingerprint density at radius 3 is 2.23 bits per heavy atom. The maximum atomic E-state index is 13.9. The molecule has 1 spiro atoms. The van der Waals surface area contributed by atoms with Gasteiger partial charge in [-0.3, -0.25) is 4.79 Å². The molecule has 5 heteroatoms. The van der Waals surface area contributed by atoms with Gasteiger partial charge < -0.3 is 18.9 Å². The van der Waals surface area contributed by atoms with Gasteiger partial charge in [0.15, 0.2) is 11.6 Å². The topological polar surface area (TPSA) is 54.0 Å². The largest absolute Gasteiger partial charge is 0.348 e. The Hall–Kier alpha value is -0.490. The summed E-state index contributed by atoms with van der Waals surface area (Å²) in [5.41, 5.74) is 0.109. The SMILES string of the molecule is CC1([C@H]2CC[C@@H]3[C@@H]4CC[C@@H]5CC6(CC[C@]5(C)[C@H]4C(=O)C[C@@]32C)OCCO6)OCCO1. The zero-order valence-electron chi connectivity index (χ0n) is 18.9.